The highest BCUT2D eigenvalue weighted by Gasteiger charge is 2.33. The molecule has 3 aromatic rings. The SMILES string of the molecule is COc1ccc2c(c1)C(C1CCN(C(=O)C=Cc3ccccc3)CC1)c1ccccc1CC2. The second-order valence-corrected chi connectivity index (χ2v) is 9.15. The molecule has 168 valence electrons. The lowest BCUT2D eigenvalue weighted by Gasteiger charge is -2.37. The largest absolute Gasteiger partial charge is 0.497 e. The van der Waals surface area contributed by atoms with E-state index >= 15 is 0 Å². The number of methoxy groups -OCH3 is 1. The van der Waals surface area contributed by atoms with Crippen molar-refractivity contribution in [3.05, 3.63) is 107 Å². The van der Waals surface area contributed by atoms with E-state index in [2.05, 4.69) is 42.5 Å². The Kier molecular flexibility index (Phi) is 6.30. The van der Waals surface area contributed by atoms with E-state index in [1.165, 1.54) is 22.3 Å². The molecule has 2 aliphatic rings. The molecule has 1 amide bonds. The summed E-state index contributed by atoms with van der Waals surface area (Å²) in [5.74, 6) is 1.90. The van der Waals surface area contributed by atoms with Gasteiger partial charge in [-0.2, -0.15) is 0 Å². The van der Waals surface area contributed by atoms with Gasteiger partial charge in [0.2, 0.25) is 5.91 Å². The molecular formula is C30H31NO2. The van der Waals surface area contributed by atoms with Crippen LogP contribution in [0.25, 0.3) is 6.08 Å². The summed E-state index contributed by atoms with van der Waals surface area (Å²) in [5, 5.41) is 0. The number of nitrogens with zero attached hydrogens (tertiary/aromatic N) is 1. The van der Waals surface area contributed by atoms with Crippen LogP contribution in [-0.4, -0.2) is 31.0 Å². The minimum absolute atomic E-state index is 0.112. The van der Waals surface area contributed by atoms with Crippen LogP contribution < -0.4 is 4.74 Å². The lowest BCUT2D eigenvalue weighted by molar-refractivity contribution is -0.127. The van der Waals surface area contributed by atoms with Gasteiger partial charge in [-0.05, 0) is 77.6 Å². The molecular weight excluding hydrogens is 406 g/mol. The standard InChI is InChI=1S/C30H31NO2/c1-33-26-15-14-24-13-12-23-9-5-6-10-27(23)30(28(24)21-26)25-17-19-31(20-18-25)29(32)16-11-22-7-3-2-4-8-22/h2-11,14-16,21,25,30H,12-13,17-20H2,1H3. The molecule has 1 aliphatic heterocycles. The van der Waals surface area contributed by atoms with E-state index in [9.17, 15) is 4.79 Å². The van der Waals surface area contributed by atoms with E-state index in [0.717, 1.165) is 50.1 Å². The van der Waals surface area contributed by atoms with Crippen LogP contribution in [0.3, 0.4) is 0 Å². The Hall–Kier alpha value is -3.33. The summed E-state index contributed by atoms with van der Waals surface area (Å²) in [7, 11) is 1.74. The van der Waals surface area contributed by atoms with Crippen molar-refractivity contribution in [1.29, 1.82) is 0 Å². The first-order chi connectivity index (χ1) is 16.2. The van der Waals surface area contributed by atoms with Gasteiger partial charge in [-0.1, -0.05) is 60.7 Å². The lowest BCUT2D eigenvalue weighted by atomic mass is 9.74. The van der Waals surface area contributed by atoms with Crippen molar-refractivity contribution >= 4 is 12.0 Å². The Labute approximate surface area is 196 Å². The predicted octanol–water partition coefficient (Wildman–Crippen LogP) is 5.88. The van der Waals surface area contributed by atoms with Crippen molar-refractivity contribution in [1.82, 2.24) is 4.90 Å². The normalized spacial score (nSPS) is 18.5. The maximum Gasteiger partial charge on any atom is 0.246 e. The van der Waals surface area contributed by atoms with Gasteiger partial charge in [0.25, 0.3) is 0 Å². The van der Waals surface area contributed by atoms with Crippen molar-refractivity contribution in [3.63, 3.8) is 0 Å². The van der Waals surface area contributed by atoms with Crippen LogP contribution in [0.2, 0.25) is 0 Å². The van der Waals surface area contributed by atoms with Crippen LogP contribution in [0.5, 0.6) is 5.75 Å². The van der Waals surface area contributed by atoms with Gasteiger partial charge in [0.05, 0.1) is 7.11 Å². The monoisotopic (exact) mass is 437 g/mol. The summed E-state index contributed by atoms with van der Waals surface area (Å²) < 4.78 is 5.60. The number of benzene rings is 3. The number of likely N-dealkylation sites (tertiary alicyclic amines) is 1. The van der Waals surface area contributed by atoms with Gasteiger partial charge in [-0.15, -0.1) is 0 Å². The molecule has 0 N–H and O–H groups in total. The fourth-order valence-electron chi connectivity index (χ4n) is 5.52. The van der Waals surface area contributed by atoms with E-state index in [-0.39, 0.29) is 5.91 Å². The van der Waals surface area contributed by atoms with E-state index < -0.39 is 0 Å². The number of hydrogen-bond acceptors (Lipinski definition) is 2. The Bertz CT molecular complexity index is 1140. The summed E-state index contributed by atoms with van der Waals surface area (Å²) in [6.07, 6.45) is 7.80. The Morgan fingerprint density at radius 3 is 2.33 bits per heavy atom. The molecule has 0 radical (unpaired) electrons. The fraction of sp³-hybridized carbons (Fsp3) is 0.300. The molecule has 1 saturated heterocycles. The van der Waals surface area contributed by atoms with Gasteiger partial charge in [-0.25, -0.2) is 0 Å². The molecule has 3 nitrogen and oxygen atoms in total. The third-order valence-electron chi connectivity index (χ3n) is 7.28. The average molecular weight is 438 g/mol. The van der Waals surface area contributed by atoms with Gasteiger partial charge in [-0.3, -0.25) is 4.79 Å². The molecule has 0 spiro atoms. The smallest absolute Gasteiger partial charge is 0.246 e. The highest BCUT2D eigenvalue weighted by atomic mass is 16.5. The van der Waals surface area contributed by atoms with E-state index in [1.807, 2.05) is 41.3 Å². The fourth-order valence-corrected chi connectivity index (χ4v) is 5.52. The minimum atomic E-state index is 0.112. The van der Waals surface area contributed by atoms with Crippen LogP contribution in [0.15, 0.2) is 78.9 Å². The molecule has 3 aromatic carbocycles. The highest BCUT2D eigenvalue weighted by molar-refractivity contribution is 5.91. The molecule has 33 heavy (non-hydrogen) atoms. The van der Waals surface area contributed by atoms with Gasteiger partial charge in [0, 0.05) is 25.1 Å². The summed E-state index contributed by atoms with van der Waals surface area (Å²) in [6.45, 7) is 1.61. The molecule has 0 aromatic heterocycles. The lowest BCUT2D eigenvalue weighted by Crippen LogP contribution is -2.39. The van der Waals surface area contributed by atoms with Crippen molar-refractivity contribution in [2.24, 2.45) is 5.92 Å². The predicted molar refractivity (Wildman–Crippen MR) is 133 cm³/mol. The van der Waals surface area contributed by atoms with Crippen molar-refractivity contribution in [2.75, 3.05) is 20.2 Å². The molecule has 5 rings (SSSR count). The van der Waals surface area contributed by atoms with Crippen LogP contribution >= 0.6 is 0 Å². The molecule has 0 saturated carbocycles. The number of carbonyl (C=O) groups excluding carboxylic acids is 1. The Balaban J connectivity index is 1.37. The second kappa shape index (κ2) is 9.66. The van der Waals surface area contributed by atoms with Gasteiger partial charge in [0.1, 0.15) is 5.75 Å². The summed E-state index contributed by atoms with van der Waals surface area (Å²) in [4.78, 5) is 14.8. The number of rotatable bonds is 4. The first-order valence-electron chi connectivity index (χ1n) is 12.0. The summed E-state index contributed by atoms with van der Waals surface area (Å²) >= 11 is 0. The van der Waals surface area contributed by atoms with E-state index in [1.54, 1.807) is 13.2 Å². The first kappa shape index (κ1) is 21.5. The Morgan fingerprint density at radius 2 is 1.58 bits per heavy atom. The molecule has 1 heterocycles. The van der Waals surface area contributed by atoms with Crippen molar-refractivity contribution < 1.29 is 9.53 Å². The number of amides is 1. The highest BCUT2D eigenvalue weighted by Crippen LogP contribution is 2.44. The number of carbonyl (C=O) groups is 1. The van der Waals surface area contributed by atoms with Gasteiger partial charge >= 0.3 is 0 Å². The van der Waals surface area contributed by atoms with Crippen LogP contribution in [-0.2, 0) is 17.6 Å². The second-order valence-electron chi connectivity index (χ2n) is 9.15. The number of ether oxygens (including phenoxy) is 1. The van der Waals surface area contributed by atoms with Crippen LogP contribution in [0.4, 0.5) is 0 Å². The zero-order chi connectivity index (χ0) is 22.6. The average Bonchev–Trinajstić information content (AvgIpc) is 3.04. The number of piperidine rings is 1. The number of hydrogen-bond donors (Lipinski definition) is 0. The van der Waals surface area contributed by atoms with Crippen molar-refractivity contribution in [3.8, 4) is 5.75 Å². The number of aryl methyl sites for hydroxylation is 2. The summed E-state index contributed by atoms with van der Waals surface area (Å²) in [5.41, 5.74) is 6.82. The van der Waals surface area contributed by atoms with Gasteiger partial charge < -0.3 is 9.64 Å². The van der Waals surface area contributed by atoms with E-state index in [0.29, 0.717) is 11.8 Å². The molecule has 1 unspecified atom stereocenters. The minimum Gasteiger partial charge on any atom is -0.497 e. The molecule has 0 bridgehead atoms. The molecule has 1 aliphatic carbocycles. The number of fused-ring (bicyclic) bond motifs is 2. The third kappa shape index (κ3) is 4.59. The van der Waals surface area contributed by atoms with Crippen LogP contribution in [0, 0.1) is 5.92 Å². The Morgan fingerprint density at radius 1 is 0.879 bits per heavy atom. The topological polar surface area (TPSA) is 29.5 Å². The quantitative estimate of drug-likeness (QED) is 0.477. The third-order valence-corrected chi connectivity index (χ3v) is 7.28. The zero-order valence-electron chi connectivity index (χ0n) is 19.2. The molecule has 1 fully saturated rings. The zero-order valence-corrected chi connectivity index (χ0v) is 19.2. The maximum atomic E-state index is 12.8. The first-order valence-corrected chi connectivity index (χ1v) is 12.0. The molecule has 3 heteroatoms. The summed E-state index contributed by atoms with van der Waals surface area (Å²) in [6, 6.07) is 25.5. The van der Waals surface area contributed by atoms with Crippen molar-refractivity contribution in [2.45, 2.75) is 31.6 Å². The maximum absolute atomic E-state index is 12.8. The van der Waals surface area contributed by atoms with E-state index in [4.69, 9.17) is 4.74 Å². The van der Waals surface area contributed by atoms with Gasteiger partial charge in [0.15, 0.2) is 0 Å². The molecule has 1 atom stereocenters. The van der Waals surface area contributed by atoms with Crippen LogP contribution in [0.1, 0.15) is 46.6 Å².